The number of benzene rings is 2. The van der Waals surface area contributed by atoms with Crippen molar-refractivity contribution in [1.29, 1.82) is 0 Å². The lowest BCUT2D eigenvalue weighted by atomic mass is 9.85. The first-order valence-electron chi connectivity index (χ1n) is 11.8. The molecule has 5 atom stereocenters. The van der Waals surface area contributed by atoms with E-state index >= 15 is 0 Å². The van der Waals surface area contributed by atoms with Crippen LogP contribution in [0.1, 0.15) is 49.3 Å². The minimum absolute atomic E-state index is 0.314. The molecule has 2 aromatic carbocycles. The third kappa shape index (κ3) is 4.32. The molecule has 0 aromatic heterocycles. The van der Waals surface area contributed by atoms with Gasteiger partial charge in [-0.25, -0.2) is 4.99 Å². The van der Waals surface area contributed by atoms with Gasteiger partial charge in [0.15, 0.2) is 12.0 Å². The number of aliphatic imine (C=N–C) groups is 1. The van der Waals surface area contributed by atoms with Gasteiger partial charge in [-0.3, -0.25) is 0 Å². The van der Waals surface area contributed by atoms with Gasteiger partial charge < -0.3 is 29.5 Å². The molecule has 3 N–H and O–H groups in total. The van der Waals surface area contributed by atoms with E-state index in [4.69, 9.17) is 25.8 Å². The van der Waals surface area contributed by atoms with Crippen LogP contribution in [0.25, 0.3) is 0 Å². The first-order chi connectivity index (χ1) is 16.4. The van der Waals surface area contributed by atoms with E-state index in [-0.39, 0.29) is 0 Å². The number of fused-ring (bicyclic) bond motifs is 1. The lowest BCUT2D eigenvalue weighted by Crippen LogP contribution is -2.61. The predicted octanol–water partition coefficient (Wildman–Crippen LogP) is 3.34. The molecule has 7 nitrogen and oxygen atoms in total. The van der Waals surface area contributed by atoms with E-state index in [0.717, 1.165) is 29.7 Å². The third-order valence-electron chi connectivity index (χ3n) is 6.94. The van der Waals surface area contributed by atoms with Crippen LogP contribution < -0.4 is 4.74 Å². The van der Waals surface area contributed by atoms with Gasteiger partial charge in [0.25, 0.3) is 0 Å². The Hall–Kier alpha value is -2.16. The van der Waals surface area contributed by atoms with E-state index in [1.807, 2.05) is 30.3 Å². The summed E-state index contributed by atoms with van der Waals surface area (Å²) in [6.45, 7) is 1.21. The average molecular weight is 488 g/mol. The summed E-state index contributed by atoms with van der Waals surface area (Å²) in [5.41, 5.74) is 1.19. The fourth-order valence-corrected chi connectivity index (χ4v) is 5.35. The van der Waals surface area contributed by atoms with Crippen LogP contribution in [0.4, 0.5) is 0 Å². The molecule has 8 heteroatoms. The Labute approximate surface area is 204 Å². The van der Waals surface area contributed by atoms with Crippen molar-refractivity contribution in [3.05, 3.63) is 64.2 Å². The van der Waals surface area contributed by atoms with Crippen LogP contribution in [0.5, 0.6) is 5.75 Å². The molecule has 2 unspecified atom stereocenters. The second kappa shape index (κ2) is 9.47. The fraction of sp³-hybridized carbons (Fsp3) is 0.500. The van der Waals surface area contributed by atoms with E-state index in [1.54, 1.807) is 19.1 Å². The maximum absolute atomic E-state index is 10.7. The Kier molecular flexibility index (Phi) is 6.57. The molecule has 2 aromatic rings. The van der Waals surface area contributed by atoms with Gasteiger partial charge in [0.1, 0.15) is 24.1 Å². The quantitative estimate of drug-likeness (QED) is 0.578. The molecule has 1 saturated heterocycles. The fourth-order valence-electron chi connectivity index (χ4n) is 5.16. The maximum Gasteiger partial charge on any atom is 0.228 e. The lowest BCUT2D eigenvalue weighted by molar-refractivity contribution is -0.262. The number of aliphatic hydroxyl groups is 3. The van der Waals surface area contributed by atoms with E-state index in [9.17, 15) is 15.3 Å². The molecule has 2 fully saturated rings. The molecule has 0 bridgehead atoms. The molecule has 0 radical (unpaired) electrons. The highest BCUT2D eigenvalue weighted by Gasteiger charge is 2.59. The molecular formula is C26H30ClNO6. The van der Waals surface area contributed by atoms with Crippen molar-refractivity contribution in [2.75, 3.05) is 6.61 Å². The number of hydrogen-bond acceptors (Lipinski definition) is 7. The van der Waals surface area contributed by atoms with Gasteiger partial charge in [-0.15, -0.1) is 0 Å². The smallest absolute Gasteiger partial charge is 0.228 e. The highest BCUT2D eigenvalue weighted by atomic mass is 35.5. The molecule has 2 aliphatic heterocycles. The Morgan fingerprint density at radius 2 is 1.82 bits per heavy atom. The first kappa shape index (κ1) is 23.6. The van der Waals surface area contributed by atoms with Gasteiger partial charge >= 0.3 is 0 Å². The number of rotatable bonds is 6. The zero-order valence-corrected chi connectivity index (χ0v) is 19.8. The topological polar surface area (TPSA) is 101 Å². The SMILES string of the molecule is CC1=NC2(c3ccc(Cl)c(Cc4ccc(OC5CCCC5)cc4)c3)O[C@H](CO)[C@@H](O)[C@H](O)C2O1. The Balaban J connectivity index is 1.41. The van der Waals surface area contributed by atoms with Gasteiger partial charge in [-0.05, 0) is 67.5 Å². The minimum atomic E-state index is -1.38. The highest BCUT2D eigenvalue weighted by Crippen LogP contribution is 2.45. The Bertz CT molecular complexity index is 1050. The van der Waals surface area contributed by atoms with Crippen molar-refractivity contribution in [3.8, 4) is 5.75 Å². The average Bonchev–Trinajstić information content (AvgIpc) is 3.46. The predicted molar refractivity (Wildman–Crippen MR) is 127 cm³/mol. The molecule has 0 amide bonds. The summed E-state index contributed by atoms with van der Waals surface area (Å²) in [6.07, 6.45) is 1.07. The first-order valence-corrected chi connectivity index (χ1v) is 12.2. The third-order valence-corrected chi connectivity index (χ3v) is 7.31. The summed E-state index contributed by atoms with van der Waals surface area (Å²) in [5.74, 6) is 1.22. The van der Waals surface area contributed by atoms with Crippen LogP contribution in [0.3, 0.4) is 0 Å². The van der Waals surface area contributed by atoms with Crippen molar-refractivity contribution >= 4 is 17.5 Å². The highest BCUT2D eigenvalue weighted by molar-refractivity contribution is 6.31. The number of halogens is 1. The second-order valence-corrected chi connectivity index (χ2v) is 9.74. The summed E-state index contributed by atoms with van der Waals surface area (Å²) < 4.78 is 17.9. The summed E-state index contributed by atoms with van der Waals surface area (Å²) in [7, 11) is 0. The molecular weight excluding hydrogens is 458 g/mol. The van der Waals surface area contributed by atoms with Crippen LogP contribution >= 0.6 is 11.6 Å². The lowest BCUT2D eigenvalue weighted by Gasteiger charge is -2.44. The van der Waals surface area contributed by atoms with Crippen molar-refractivity contribution in [1.82, 2.24) is 0 Å². The monoisotopic (exact) mass is 487 g/mol. The van der Waals surface area contributed by atoms with Crippen LogP contribution in [0.15, 0.2) is 47.5 Å². The van der Waals surface area contributed by atoms with Crippen molar-refractivity contribution in [3.63, 3.8) is 0 Å². The second-order valence-electron chi connectivity index (χ2n) is 9.34. The zero-order valence-electron chi connectivity index (χ0n) is 19.1. The maximum atomic E-state index is 10.7. The molecule has 2 heterocycles. The van der Waals surface area contributed by atoms with Gasteiger partial charge in [0.2, 0.25) is 5.72 Å². The standard InChI is InChI=1S/C26H30ClNO6/c1-15-28-26(25(32-15)24(31)23(30)22(14-29)34-26)18-8-11-21(27)17(13-18)12-16-6-9-20(10-7-16)33-19-4-2-3-5-19/h6-11,13,19,22-25,29-31H,2-5,12,14H2,1H3/t22-,23-,24+,25?,26?/m1/s1. The molecule has 3 aliphatic rings. The van der Waals surface area contributed by atoms with Gasteiger partial charge in [0, 0.05) is 17.5 Å². The van der Waals surface area contributed by atoms with Gasteiger partial charge in [-0.2, -0.15) is 0 Å². The molecule has 182 valence electrons. The summed E-state index contributed by atoms with van der Waals surface area (Å²) >= 11 is 6.54. The van der Waals surface area contributed by atoms with E-state index in [0.29, 0.717) is 29.0 Å². The molecule has 1 saturated carbocycles. The van der Waals surface area contributed by atoms with Crippen LogP contribution in [0, 0.1) is 0 Å². The summed E-state index contributed by atoms with van der Waals surface area (Å²) in [5, 5.41) is 31.4. The molecule has 1 aliphatic carbocycles. The zero-order chi connectivity index (χ0) is 23.9. The van der Waals surface area contributed by atoms with Crippen molar-refractivity contribution < 1.29 is 29.5 Å². The van der Waals surface area contributed by atoms with Crippen molar-refractivity contribution in [2.24, 2.45) is 4.99 Å². The minimum Gasteiger partial charge on any atom is -0.490 e. The summed E-state index contributed by atoms with van der Waals surface area (Å²) in [6, 6.07) is 13.5. The Morgan fingerprint density at radius 3 is 2.53 bits per heavy atom. The normalized spacial score (nSPS) is 31.1. The number of aliphatic hydroxyl groups excluding tert-OH is 3. The number of nitrogens with zero attached hydrogens (tertiary/aromatic N) is 1. The summed E-state index contributed by atoms with van der Waals surface area (Å²) in [4.78, 5) is 4.56. The van der Waals surface area contributed by atoms with Crippen LogP contribution in [0.2, 0.25) is 5.02 Å². The molecule has 0 spiro atoms. The molecule has 5 rings (SSSR count). The van der Waals surface area contributed by atoms with Crippen molar-refractivity contribution in [2.45, 2.75) is 75.3 Å². The number of hydrogen-bond donors (Lipinski definition) is 3. The van der Waals surface area contributed by atoms with Crippen LogP contribution in [-0.4, -0.2) is 58.3 Å². The van der Waals surface area contributed by atoms with E-state index in [2.05, 4.69) is 4.99 Å². The van der Waals surface area contributed by atoms with Gasteiger partial charge in [-0.1, -0.05) is 29.8 Å². The van der Waals surface area contributed by atoms with E-state index in [1.165, 1.54) is 12.8 Å². The number of ether oxygens (including phenoxy) is 3. The Morgan fingerprint density at radius 1 is 1.09 bits per heavy atom. The largest absolute Gasteiger partial charge is 0.490 e. The molecule has 34 heavy (non-hydrogen) atoms. The van der Waals surface area contributed by atoms with Crippen LogP contribution in [-0.2, 0) is 21.6 Å². The van der Waals surface area contributed by atoms with Gasteiger partial charge in [0.05, 0.1) is 12.7 Å². The van der Waals surface area contributed by atoms with E-state index < -0.39 is 36.7 Å².